The summed E-state index contributed by atoms with van der Waals surface area (Å²) in [4.78, 5) is 31.8. The molecule has 3 aliphatic rings. The summed E-state index contributed by atoms with van der Waals surface area (Å²) in [5.74, 6) is 0.349. The molecule has 1 aromatic rings. The van der Waals surface area contributed by atoms with Gasteiger partial charge in [0.2, 0.25) is 5.91 Å². The highest BCUT2D eigenvalue weighted by Crippen LogP contribution is 2.33. The fourth-order valence-electron chi connectivity index (χ4n) is 4.97. The molecule has 6 nitrogen and oxygen atoms in total. The number of carbonyl (C=O) groups excluding carboxylic acids is 2. The van der Waals surface area contributed by atoms with Gasteiger partial charge in [-0.25, -0.2) is 0 Å². The highest BCUT2D eigenvalue weighted by atomic mass is 16.5. The summed E-state index contributed by atoms with van der Waals surface area (Å²) in [6.45, 7) is 7.35. The van der Waals surface area contributed by atoms with Crippen LogP contribution in [0.5, 0.6) is 0 Å². The second-order valence-electron chi connectivity index (χ2n) is 8.88. The third-order valence-electron chi connectivity index (χ3n) is 6.55. The van der Waals surface area contributed by atoms with E-state index in [4.69, 9.17) is 4.74 Å². The summed E-state index contributed by atoms with van der Waals surface area (Å²) in [5.41, 5.74) is 0.452. The van der Waals surface area contributed by atoms with E-state index in [1.165, 1.54) is 6.42 Å². The minimum atomic E-state index is -0.285. The van der Waals surface area contributed by atoms with E-state index in [1.807, 2.05) is 40.1 Å². The largest absolute Gasteiger partial charge is 0.368 e. The zero-order chi connectivity index (χ0) is 20.3. The van der Waals surface area contributed by atoms with Gasteiger partial charge in [-0.3, -0.25) is 14.5 Å². The van der Waals surface area contributed by atoms with E-state index in [-0.39, 0.29) is 23.5 Å². The number of piperidine rings is 2. The molecule has 0 bridgehead atoms. The molecule has 6 heteroatoms. The molecule has 3 saturated heterocycles. The van der Waals surface area contributed by atoms with Crippen molar-refractivity contribution in [2.45, 2.75) is 50.7 Å². The first kappa shape index (κ1) is 20.4. The number of likely N-dealkylation sites (tertiary alicyclic amines) is 2. The van der Waals surface area contributed by atoms with Gasteiger partial charge in [-0.05, 0) is 51.2 Å². The molecule has 4 rings (SSSR count). The highest BCUT2D eigenvalue weighted by molar-refractivity contribution is 5.94. The standard InChI is InChI=1S/C23H33N3O3/c1-19-16-26(22(28)20-8-4-2-5-9-20)18-23(29-19)10-14-24(15-11-23)17-21(27)25-12-6-3-7-13-25/h2,4-5,8-9,19H,3,6-7,10-18H2,1H3. The molecule has 0 N–H and O–H groups in total. The molecule has 3 aliphatic heterocycles. The second kappa shape index (κ2) is 8.84. The van der Waals surface area contributed by atoms with Gasteiger partial charge in [0.1, 0.15) is 0 Å². The lowest BCUT2D eigenvalue weighted by atomic mass is 9.88. The van der Waals surface area contributed by atoms with Crippen LogP contribution in [0.1, 0.15) is 49.4 Å². The molecule has 1 aromatic carbocycles. The summed E-state index contributed by atoms with van der Waals surface area (Å²) >= 11 is 0. The van der Waals surface area contributed by atoms with Gasteiger partial charge in [0.05, 0.1) is 24.8 Å². The molecule has 3 fully saturated rings. The van der Waals surface area contributed by atoms with Gasteiger partial charge in [-0.2, -0.15) is 0 Å². The fraction of sp³-hybridized carbons (Fsp3) is 0.652. The molecular formula is C23H33N3O3. The first-order chi connectivity index (χ1) is 14.0. The first-order valence-corrected chi connectivity index (χ1v) is 11.1. The normalized spacial score (nSPS) is 25.2. The summed E-state index contributed by atoms with van der Waals surface area (Å²) in [6.07, 6.45) is 5.26. The lowest BCUT2D eigenvalue weighted by Gasteiger charge is -2.49. The smallest absolute Gasteiger partial charge is 0.254 e. The number of morpholine rings is 1. The Kier molecular flexibility index (Phi) is 6.20. The second-order valence-corrected chi connectivity index (χ2v) is 8.88. The SMILES string of the molecule is CC1CN(C(=O)c2ccccc2)CC2(CCN(CC(=O)N3CCCCC3)CC2)O1. The van der Waals surface area contributed by atoms with Crippen molar-refractivity contribution in [3.63, 3.8) is 0 Å². The van der Waals surface area contributed by atoms with Gasteiger partial charge in [0, 0.05) is 38.3 Å². The van der Waals surface area contributed by atoms with Crippen LogP contribution in [0.2, 0.25) is 0 Å². The topological polar surface area (TPSA) is 53.1 Å². The lowest BCUT2D eigenvalue weighted by Crippen LogP contribution is -2.60. The van der Waals surface area contributed by atoms with E-state index < -0.39 is 0 Å². The number of amides is 2. The van der Waals surface area contributed by atoms with E-state index in [0.29, 0.717) is 19.6 Å². The first-order valence-electron chi connectivity index (χ1n) is 11.1. The minimum absolute atomic E-state index is 0.0259. The third-order valence-corrected chi connectivity index (χ3v) is 6.55. The van der Waals surface area contributed by atoms with Crippen LogP contribution in [-0.2, 0) is 9.53 Å². The molecule has 2 amide bonds. The van der Waals surface area contributed by atoms with Crippen molar-refractivity contribution in [3.05, 3.63) is 35.9 Å². The third kappa shape index (κ3) is 4.81. The number of hydrogen-bond acceptors (Lipinski definition) is 4. The maximum Gasteiger partial charge on any atom is 0.254 e. The maximum absolute atomic E-state index is 13.0. The Morgan fingerprint density at radius 1 is 1.00 bits per heavy atom. The summed E-state index contributed by atoms with van der Waals surface area (Å²) in [6, 6.07) is 9.50. The number of hydrogen-bond donors (Lipinski definition) is 0. The molecular weight excluding hydrogens is 366 g/mol. The number of ether oxygens (including phenoxy) is 1. The van der Waals surface area contributed by atoms with Crippen LogP contribution in [0, 0.1) is 0 Å². The van der Waals surface area contributed by atoms with Crippen molar-refractivity contribution in [2.75, 3.05) is 45.8 Å². The zero-order valence-electron chi connectivity index (χ0n) is 17.5. The molecule has 0 saturated carbocycles. The molecule has 1 unspecified atom stereocenters. The van der Waals surface area contributed by atoms with Gasteiger partial charge in [-0.15, -0.1) is 0 Å². The van der Waals surface area contributed by atoms with Gasteiger partial charge in [0.25, 0.3) is 5.91 Å². The van der Waals surface area contributed by atoms with Crippen LogP contribution < -0.4 is 0 Å². The monoisotopic (exact) mass is 399 g/mol. The molecule has 1 atom stereocenters. The Balaban J connectivity index is 1.34. The van der Waals surface area contributed by atoms with Crippen molar-refractivity contribution in [3.8, 4) is 0 Å². The fourth-order valence-corrected chi connectivity index (χ4v) is 4.97. The average molecular weight is 400 g/mol. The van der Waals surface area contributed by atoms with Gasteiger partial charge in [0.15, 0.2) is 0 Å². The van der Waals surface area contributed by atoms with E-state index in [9.17, 15) is 9.59 Å². The van der Waals surface area contributed by atoms with E-state index in [1.54, 1.807) is 0 Å². The highest BCUT2D eigenvalue weighted by Gasteiger charge is 2.43. The summed E-state index contributed by atoms with van der Waals surface area (Å²) < 4.78 is 6.38. The molecule has 29 heavy (non-hydrogen) atoms. The van der Waals surface area contributed by atoms with Gasteiger partial charge < -0.3 is 14.5 Å². The molecule has 0 radical (unpaired) electrons. The average Bonchev–Trinajstić information content (AvgIpc) is 2.76. The van der Waals surface area contributed by atoms with Crippen molar-refractivity contribution in [2.24, 2.45) is 0 Å². The van der Waals surface area contributed by atoms with Crippen molar-refractivity contribution in [1.82, 2.24) is 14.7 Å². The quantitative estimate of drug-likeness (QED) is 0.783. The predicted octanol–water partition coefficient (Wildman–Crippen LogP) is 2.39. The van der Waals surface area contributed by atoms with Crippen LogP contribution in [0.4, 0.5) is 0 Å². The van der Waals surface area contributed by atoms with Gasteiger partial charge in [-0.1, -0.05) is 18.2 Å². The molecule has 0 aliphatic carbocycles. The number of carbonyl (C=O) groups is 2. The van der Waals surface area contributed by atoms with Crippen LogP contribution in [0.3, 0.4) is 0 Å². The molecule has 3 heterocycles. The molecule has 1 spiro atoms. The molecule has 158 valence electrons. The zero-order valence-corrected chi connectivity index (χ0v) is 17.5. The minimum Gasteiger partial charge on any atom is -0.368 e. The Morgan fingerprint density at radius 3 is 2.38 bits per heavy atom. The number of nitrogens with zero attached hydrogens (tertiary/aromatic N) is 3. The van der Waals surface area contributed by atoms with Crippen molar-refractivity contribution in [1.29, 1.82) is 0 Å². The summed E-state index contributed by atoms with van der Waals surface area (Å²) in [5, 5.41) is 0. The van der Waals surface area contributed by atoms with Gasteiger partial charge >= 0.3 is 0 Å². The van der Waals surface area contributed by atoms with E-state index in [0.717, 1.165) is 57.4 Å². The van der Waals surface area contributed by atoms with E-state index in [2.05, 4.69) is 11.8 Å². The van der Waals surface area contributed by atoms with Crippen LogP contribution in [0.25, 0.3) is 0 Å². The maximum atomic E-state index is 13.0. The molecule has 0 aromatic heterocycles. The Labute approximate surface area is 173 Å². The van der Waals surface area contributed by atoms with Crippen LogP contribution >= 0.6 is 0 Å². The number of rotatable bonds is 3. The number of benzene rings is 1. The van der Waals surface area contributed by atoms with Crippen LogP contribution in [0.15, 0.2) is 30.3 Å². The van der Waals surface area contributed by atoms with E-state index >= 15 is 0 Å². The Bertz CT molecular complexity index is 709. The van der Waals surface area contributed by atoms with Crippen LogP contribution in [-0.4, -0.2) is 84.0 Å². The van der Waals surface area contributed by atoms with Crippen molar-refractivity contribution < 1.29 is 14.3 Å². The Morgan fingerprint density at radius 2 is 1.69 bits per heavy atom. The summed E-state index contributed by atoms with van der Waals surface area (Å²) in [7, 11) is 0. The lowest BCUT2D eigenvalue weighted by molar-refractivity contribution is -0.163. The predicted molar refractivity (Wildman–Crippen MR) is 112 cm³/mol. The van der Waals surface area contributed by atoms with Crippen molar-refractivity contribution >= 4 is 11.8 Å². The Hall–Kier alpha value is -1.92.